The lowest BCUT2D eigenvalue weighted by Gasteiger charge is -2.20. The van der Waals surface area contributed by atoms with E-state index >= 15 is 0 Å². The maximum atomic E-state index is 6.12. The summed E-state index contributed by atoms with van der Waals surface area (Å²) in [7, 11) is 0. The van der Waals surface area contributed by atoms with Crippen LogP contribution in [-0.2, 0) is 6.42 Å². The van der Waals surface area contributed by atoms with Crippen LogP contribution in [0.1, 0.15) is 24.1 Å². The Balaban J connectivity index is 2.30. The lowest BCUT2D eigenvalue weighted by Crippen LogP contribution is -2.23. The second-order valence-electron chi connectivity index (χ2n) is 4.73. The van der Waals surface area contributed by atoms with Gasteiger partial charge in [0, 0.05) is 15.5 Å². The first-order chi connectivity index (χ1) is 10.0. The van der Waals surface area contributed by atoms with E-state index in [1.165, 1.54) is 0 Å². The number of benzene rings is 2. The summed E-state index contributed by atoms with van der Waals surface area (Å²) < 4.78 is 1.04. The van der Waals surface area contributed by atoms with Gasteiger partial charge in [-0.2, -0.15) is 0 Å². The molecule has 0 aliphatic carbocycles. The number of hydrogen-bond donors (Lipinski definition) is 1. The van der Waals surface area contributed by atoms with Gasteiger partial charge in [0.2, 0.25) is 0 Å². The van der Waals surface area contributed by atoms with Gasteiger partial charge < -0.3 is 5.32 Å². The Kier molecular flexibility index (Phi) is 6.39. The summed E-state index contributed by atoms with van der Waals surface area (Å²) in [5.41, 5.74) is 2.26. The molecule has 2 aromatic carbocycles. The van der Waals surface area contributed by atoms with E-state index in [0.29, 0.717) is 10.0 Å². The predicted molar refractivity (Wildman–Crippen MR) is 95.7 cm³/mol. The maximum absolute atomic E-state index is 6.12. The van der Waals surface area contributed by atoms with Crippen LogP contribution < -0.4 is 5.32 Å². The minimum atomic E-state index is 0.153. The first kappa shape index (κ1) is 17.1. The summed E-state index contributed by atoms with van der Waals surface area (Å²) >= 11 is 21.8. The van der Waals surface area contributed by atoms with E-state index in [0.717, 1.165) is 33.6 Å². The predicted octanol–water partition coefficient (Wildman–Crippen LogP) is 6.30. The second kappa shape index (κ2) is 7.85. The summed E-state index contributed by atoms with van der Waals surface area (Å²) in [6, 6.07) is 11.7. The average molecular weight is 408 g/mol. The van der Waals surface area contributed by atoms with Crippen LogP contribution in [-0.4, -0.2) is 6.54 Å². The first-order valence-electron chi connectivity index (χ1n) is 6.63. The summed E-state index contributed by atoms with van der Waals surface area (Å²) in [4.78, 5) is 0. The van der Waals surface area contributed by atoms with Gasteiger partial charge in [-0.1, -0.05) is 63.7 Å². The molecule has 0 spiro atoms. The number of nitrogens with one attached hydrogen (secondary N) is 1. The van der Waals surface area contributed by atoms with Crippen LogP contribution in [0.2, 0.25) is 15.1 Å². The van der Waals surface area contributed by atoms with E-state index in [2.05, 4.69) is 28.2 Å². The van der Waals surface area contributed by atoms with Crippen LogP contribution in [0.3, 0.4) is 0 Å². The molecule has 2 aromatic rings. The fraction of sp³-hybridized carbons (Fsp3) is 0.250. The monoisotopic (exact) mass is 405 g/mol. The highest BCUT2D eigenvalue weighted by Gasteiger charge is 2.15. The SMILES string of the molecule is CCNC(Cc1ccc(Cl)c(Cl)c1)c1cc(Cl)ccc1Br. The molecule has 0 fully saturated rings. The van der Waals surface area contributed by atoms with E-state index in [9.17, 15) is 0 Å². The number of rotatable bonds is 5. The molecule has 0 bridgehead atoms. The molecule has 1 N–H and O–H groups in total. The van der Waals surface area contributed by atoms with Crippen LogP contribution in [0.15, 0.2) is 40.9 Å². The molecule has 0 aromatic heterocycles. The Labute approximate surface area is 148 Å². The van der Waals surface area contributed by atoms with Gasteiger partial charge in [-0.3, -0.25) is 0 Å². The van der Waals surface area contributed by atoms with Crippen LogP contribution in [0.5, 0.6) is 0 Å². The van der Waals surface area contributed by atoms with Crippen molar-refractivity contribution in [2.75, 3.05) is 6.54 Å². The Morgan fingerprint density at radius 2 is 1.81 bits per heavy atom. The van der Waals surface area contributed by atoms with Crippen LogP contribution >= 0.6 is 50.7 Å². The molecule has 0 aliphatic heterocycles. The molecule has 2 rings (SSSR count). The molecular formula is C16H15BrCl3N. The molecule has 5 heteroatoms. The first-order valence-corrected chi connectivity index (χ1v) is 8.56. The van der Waals surface area contributed by atoms with E-state index in [1.807, 2.05) is 36.4 Å². The third kappa shape index (κ3) is 4.61. The third-order valence-corrected chi connectivity index (χ3v) is 4.90. The number of halogens is 4. The van der Waals surface area contributed by atoms with Gasteiger partial charge >= 0.3 is 0 Å². The van der Waals surface area contributed by atoms with Crippen molar-refractivity contribution in [1.29, 1.82) is 0 Å². The smallest absolute Gasteiger partial charge is 0.0595 e. The highest BCUT2D eigenvalue weighted by atomic mass is 79.9. The maximum Gasteiger partial charge on any atom is 0.0595 e. The minimum absolute atomic E-state index is 0.153. The molecular weight excluding hydrogens is 392 g/mol. The van der Waals surface area contributed by atoms with Crippen molar-refractivity contribution in [2.45, 2.75) is 19.4 Å². The molecule has 21 heavy (non-hydrogen) atoms. The molecule has 0 saturated carbocycles. The summed E-state index contributed by atoms with van der Waals surface area (Å²) in [6.45, 7) is 2.95. The zero-order valence-electron chi connectivity index (χ0n) is 11.5. The van der Waals surface area contributed by atoms with Crippen LogP contribution in [0.4, 0.5) is 0 Å². The zero-order valence-corrected chi connectivity index (χ0v) is 15.3. The van der Waals surface area contributed by atoms with E-state index < -0.39 is 0 Å². The van der Waals surface area contributed by atoms with Crippen molar-refractivity contribution in [1.82, 2.24) is 5.32 Å². The van der Waals surface area contributed by atoms with Crippen molar-refractivity contribution in [3.8, 4) is 0 Å². The molecule has 1 unspecified atom stereocenters. The van der Waals surface area contributed by atoms with Crippen molar-refractivity contribution in [3.63, 3.8) is 0 Å². The van der Waals surface area contributed by atoms with Gasteiger partial charge in [0.1, 0.15) is 0 Å². The van der Waals surface area contributed by atoms with Gasteiger partial charge in [-0.25, -0.2) is 0 Å². The molecule has 0 aliphatic rings. The fourth-order valence-electron chi connectivity index (χ4n) is 2.22. The second-order valence-corrected chi connectivity index (χ2v) is 6.83. The van der Waals surface area contributed by atoms with Gasteiger partial charge in [-0.15, -0.1) is 0 Å². The van der Waals surface area contributed by atoms with Gasteiger partial charge in [-0.05, 0) is 54.4 Å². The Morgan fingerprint density at radius 1 is 1.05 bits per heavy atom. The molecule has 112 valence electrons. The lowest BCUT2D eigenvalue weighted by atomic mass is 9.99. The third-order valence-electron chi connectivity index (χ3n) is 3.21. The molecule has 0 saturated heterocycles. The topological polar surface area (TPSA) is 12.0 Å². The summed E-state index contributed by atoms with van der Waals surface area (Å²) in [5.74, 6) is 0. The zero-order chi connectivity index (χ0) is 15.4. The van der Waals surface area contributed by atoms with E-state index in [1.54, 1.807) is 0 Å². The Bertz CT molecular complexity index is 631. The van der Waals surface area contributed by atoms with Crippen molar-refractivity contribution < 1.29 is 0 Å². The van der Waals surface area contributed by atoms with Gasteiger partial charge in [0.15, 0.2) is 0 Å². The van der Waals surface area contributed by atoms with Crippen LogP contribution in [0, 0.1) is 0 Å². The highest BCUT2D eigenvalue weighted by Crippen LogP contribution is 2.30. The Morgan fingerprint density at radius 3 is 2.48 bits per heavy atom. The van der Waals surface area contributed by atoms with Crippen LogP contribution in [0.25, 0.3) is 0 Å². The molecule has 1 nitrogen and oxygen atoms in total. The molecule has 0 amide bonds. The Hall–Kier alpha value is -0.250. The highest BCUT2D eigenvalue weighted by molar-refractivity contribution is 9.10. The van der Waals surface area contributed by atoms with Gasteiger partial charge in [0.25, 0.3) is 0 Å². The quantitative estimate of drug-likeness (QED) is 0.613. The fourth-order valence-corrected chi connectivity index (χ4v) is 3.25. The van der Waals surface area contributed by atoms with Crippen molar-refractivity contribution in [2.24, 2.45) is 0 Å². The number of likely N-dealkylation sites (N-methyl/N-ethyl adjacent to an activating group) is 1. The molecule has 0 radical (unpaired) electrons. The molecule has 1 atom stereocenters. The number of hydrogen-bond acceptors (Lipinski definition) is 1. The van der Waals surface area contributed by atoms with Crippen molar-refractivity contribution >= 4 is 50.7 Å². The largest absolute Gasteiger partial charge is 0.310 e. The van der Waals surface area contributed by atoms with Gasteiger partial charge in [0.05, 0.1) is 10.0 Å². The normalized spacial score (nSPS) is 12.4. The summed E-state index contributed by atoms with van der Waals surface area (Å²) in [6.07, 6.45) is 0.809. The van der Waals surface area contributed by atoms with E-state index in [-0.39, 0.29) is 6.04 Å². The van der Waals surface area contributed by atoms with Crippen molar-refractivity contribution in [3.05, 3.63) is 67.1 Å². The van der Waals surface area contributed by atoms with E-state index in [4.69, 9.17) is 34.8 Å². The molecule has 0 heterocycles. The standard InChI is InChI=1S/C16H15BrCl3N/c1-2-21-16(12-9-11(18)4-5-13(12)17)8-10-3-6-14(19)15(20)7-10/h3-7,9,16,21H,2,8H2,1H3. The lowest BCUT2D eigenvalue weighted by molar-refractivity contribution is 0.548. The average Bonchev–Trinajstić information content (AvgIpc) is 2.45. The summed E-state index contributed by atoms with van der Waals surface area (Å²) in [5, 5.41) is 5.36. The minimum Gasteiger partial charge on any atom is -0.310 e.